The Kier molecular flexibility index (Phi) is 3.96. The Bertz CT molecular complexity index is 578. The first-order chi connectivity index (χ1) is 8.72. The third-order valence-electron chi connectivity index (χ3n) is 2.50. The lowest BCUT2D eigenvalue weighted by molar-refractivity contribution is 0.626. The lowest BCUT2D eigenvalue weighted by atomic mass is 10.2. The number of halogens is 2. The second kappa shape index (κ2) is 5.65. The Morgan fingerprint density at radius 1 is 1.17 bits per heavy atom. The summed E-state index contributed by atoms with van der Waals surface area (Å²) in [6.45, 7) is 0.0998. The smallest absolute Gasteiger partial charge is 0.147 e. The zero-order valence-corrected chi connectivity index (χ0v) is 11.1. The largest absolute Gasteiger partial charge is 0.325 e. The summed E-state index contributed by atoms with van der Waals surface area (Å²) in [5.41, 5.74) is 1.19. The van der Waals surface area contributed by atoms with Crippen LogP contribution in [0.25, 0.3) is 0 Å². The number of anilines is 2. The van der Waals surface area contributed by atoms with Crippen molar-refractivity contribution in [2.24, 2.45) is 0 Å². The molecule has 2 aromatic carbocycles. The van der Waals surface area contributed by atoms with Gasteiger partial charge in [-0.25, -0.2) is 4.39 Å². The van der Waals surface area contributed by atoms with Crippen LogP contribution in [-0.2, 0) is 0 Å². The van der Waals surface area contributed by atoms with E-state index < -0.39 is 0 Å². The minimum Gasteiger partial charge on any atom is -0.325 e. The Balaban J connectivity index is 2.46. The molecule has 0 N–H and O–H groups in total. The maximum Gasteiger partial charge on any atom is 0.147 e. The molecule has 0 bridgehead atoms. The second-order valence-corrected chi connectivity index (χ2v) is 4.59. The molecular formula is C14H10BrFN2. The van der Waals surface area contributed by atoms with Gasteiger partial charge in [-0.1, -0.05) is 34.1 Å². The number of nitrogens with zero attached hydrogens (tertiary/aromatic N) is 2. The van der Waals surface area contributed by atoms with Crippen LogP contribution in [0.15, 0.2) is 53.0 Å². The Hall–Kier alpha value is -1.86. The topological polar surface area (TPSA) is 27.0 Å². The molecule has 2 aromatic rings. The van der Waals surface area contributed by atoms with Gasteiger partial charge in [0.15, 0.2) is 0 Å². The molecule has 4 heteroatoms. The third-order valence-corrected chi connectivity index (χ3v) is 2.99. The van der Waals surface area contributed by atoms with Crippen LogP contribution >= 0.6 is 15.9 Å². The van der Waals surface area contributed by atoms with Crippen molar-refractivity contribution in [2.45, 2.75) is 0 Å². The quantitative estimate of drug-likeness (QED) is 0.793. The number of hydrogen-bond donors (Lipinski definition) is 0. The summed E-state index contributed by atoms with van der Waals surface area (Å²) in [5.74, 6) is -0.358. The number of rotatable bonds is 3. The lowest BCUT2D eigenvalue weighted by Crippen LogP contribution is -2.18. The maximum absolute atomic E-state index is 13.9. The average Bonchev–Trinajstić information content (AvgIpc) is 2.38. The first kappa shape index (κ1) is 12.6. The standard InChI is InChI=1S/C14H10BrFN2/c15-11-6-7-14(13(16)10-11)18(9-8-17)12-4-2-1-3-5-12/h1-7,10H,9H2. The predicted octanol–water partition coefficient (Wildman–Crippen LogP) is 4.25. The molecule has 0 heterocycles. The molecule has 0 saturated carbocycles. The molecule has 0 unspecified atom stereocenters. The van der Waals surface area contributed by atoms with Crippen LogP contribution < -0.4 is 4.90 Å². The number of nitriles is 1. The molecule has 0 aliphatic carbocycles. The van der Waals surface area contributed by atoms with Crippen LogP contribution in [0.4, 0.5) is 15.8 Å². The minimum atomic E-state index is -0.358. The third kappa shape index (κ3) is 2.69. The van der Waals surface area contributed by atoms with Crippen molar-refractivity contribution in [1.82, 2.24) is 0 Å². The highest BCUT2D eigenvalue weighted by Gasteiger charge is 2.13. The van der Waals surface area contributed by atoms with Crippen molar-refractivity contribution in [2.75, 3.05) is 11.4 Å². The molecule has 0 aliphatic rings. The van der Waals surface area contributed by atoms with Gasteiger partial charge in [0.2, 0.25) is 0 Å². The fraction of sp³-hybridized carbons (Fsp3) is 0.0714. The Morgan fingerprint density at radius 3 is 2.50 bits per heavy atom. The van der Waals surface area contributed by atoms with Crippen molar-refractivity contribution < 1.29 is 4.39 Å². The molecule has 18 heavy (non-hydrogen) atoms. The molecule has 0 saturated heterocycles. The van der Waals surface area contributed by atoms with Gasteiger partial charge in [-0.2, -0.15) is 5.26 Å². The van der Waals surface area contributed by atoms with E-state index in [0.717, 1.165) is 5.69 Å². The highest BCUT2D eigenvalue weighted by molar-refractivity contribution is 9.10. The molecule has 0 amide bonds. The van der Waals surface area contributed by atoms with E-state index in [4.69, 9.17) is 5.26 Å². The van der Waals surface area contributed by atoms with Gasteiger partial charge in [0, 0.05) is 10.2 Å². The van der Waals surface area contributed by atoms with E-state index in [1.165, 1.54) is 6.07 Å². The van der Waals surface area contributed by atoms with Gasteiger partial charge in [0.05, 0.1) is 11.8 Å². The summed E-state index contributed by atoms with van der Waals surface area (Å²) in [5, 5.41) is 8.88. The summed E-state index contributed by atoms with van der Waals surface area (Å²) in [4.78, 5) is 1.64. The SMILES string of the molecule is N#CCN(c1ccccc1)c1ccc(Br)cc1F. The Morgan fingerprint density at radius 2 is 1.89 bits per heavy atom. The number of para-hydroxylation sites is 1. The zero-order valence-electron chi connectivity index (χ0n) is 9.48. The average molecular weight is 305 g/mol. The molecule has 0 aromatic heterocycles. The molecule has 2 rings (SSSR count). The molecule has 0 aliphatic heterocycles. The molecule has 2 nitrogen and oxygen atoms in total. The summed E-state index contributed by atoms with van der Waals surface area (Å²) in [6.07, 6.45) is 0. The van der Waals surface area contributed by atoms with Crippen LogP contribution in [-0.4, -0.2) is 6.54 Å². The van der Waals surface area contributed by atoms with Crippen molar-refractivity contribution in [3.05, 3.63) is 58.8 Å². The molecule has 0 spiro atoms. The number of benzene rings is 2. The molecule has 0 radical (unpaired) electrons. The van der Waals surface area contributed by atoms with Gasteiger partial charge < -0.3 is 4.90 Å². The first-order valence-corrected chi connectivity index (χ1v) is 6.16. The van der Waals surface area contributed by atoms with Crippen LogP contribution in [0.1, 0.15) is 0 Å². The fourth-order valence-electron chi connectivity index (χ4n) is 1.69. The Labute approximate surface area is 113 Å². The highest BCUT2D eigenvalue weighted by atomic mass is 79.9. The molecule has 0 atom stereocenters. The fourth-order valence-corrected chi connectivity index (χ4v) is 2.03. The molecule has 0 fully saturated rings. The van der Waals surface area contributed by atoms with Crippen LogP contribution in [0.5, 0.6) is 0 Å². The monoisotopic (exact) mass is 304 g/mol. The van der Waals surface area contributed by atoms with Gasteiger partial charge in [0.25, 0.3) is 0 Å². The van der Waals surface area contributed by atoms with E-state index in [-0.39, 0.29) is 12.4 Å². The maximum atomic E-state index is 13.9. The van der Waals surface area contributed by atoms with Gasteiger partial charge in [-0.05, 0) is 30.3 Å². The van der Waals surface area contributed by atoms with Crippen molar-refractivity contribution in [3.8, 4) is 6.07 Å². The van der Waals surface area contributed by atoms with Crippen LogP contribution in [0, 0.1) is 17.1 Å². The first-order valence-electron chi connectivity index (χ1n) is 5.37. The van der Waals surface area contributed by atoms with Gasteiger partial charge in [-0.3, -0.25) is 0 Å². The van der Waals surface area contributed by atoms with Gasteiger partial charge in [0.1, 0.15) is 12.4 Å². The molecular weight excluding hydrogens is 295 g/mol. The second-order valence-electron chi connectivity index (χ2n) is 3.68. The van der Waals surface area contributed by atoms with E-state index in [2.05, 4.69) is 22.0 Å². The van der Waals surface area contributed by atoms with Crippen molar-refractivity contribution in [3.63, 3.8) is 0 Å². The minimum absolute atomic E-state index is 0.0998. The summed E-state index contributed by atoms with van der Waals surface area (Å²) in [7, 11) is 0. The summed E-state index contributed by atoms with van der Waals surface area (Å²) < 4.78 is 14.6. The van der Waals surface area contributed by atoms with E-state index in [1.807, 2.05) is 30.3 Å². The van der Waals surface area contributed by atoms with Crippen LogP contribution in [0.2, 0.25) is 0 Å². The number of hydrogen-bond acceptors (Lipinski definition) is 2. The normalized spacial score (nSPS) is 9.83. The van der Waals surface area contributed by atoms with E-state index in [0.29, 0.717) is 10.2 Å². The van der Waals surface area contributed by atoms with Gasteiger partial charge in [-0.15, -0.1) is 0 Å². The van der Waals surface area contributed by atoms with Gasteiger partial charge >= 0.3 is 0 Å². The van der Waals surface area contributed by atoms with E-state index in [1.54, 1.807) is 17.0 Å². The van der Waals surface area contributed by atoms with E-state index in [9.17, 15) is 4.39 Å². The predicted molar refractivity (Wildman–Crippen MR) is 73.2 cm³/mol. The van der Waals surface area contributed by atoms with Crippen molar-refractivity contribution >= 4 is 27.3 Å². The van der Waals surface area contributed by atoms with E-state index >= 15 is 0 Å². The van der Waals surface area contributed by atoms with Crippen molar-refractivity contribution in [1.29, 1.82) is 5.26 Å². The van der Waals surface area contributed by atoms with Crippen LogP contribution in [0.3, 0.4) is 0 Å². The summed E-state index contributed by atoms with van der Waals surface area (Å²) in [6, 6.07) is 16.1. The summed E-state index contributed by atoms with van der Waals surface area (Å²) >= 11 is 3.22. The molecule has 90 valence electrons. The highest BCUT2D eigenvalue weighted by Crippen LogP contribution is 2.29. The zero-order chi connectivity index (χ0) is 13.0. The lowest BCUT2D eigenvalue weighted by Gasteiger charge is -2.22.